The molecule has 0 spiro atoms. The van der Waals surface area contributed by atoms with Crippen molar-refractivity contribution in [3.63, 3.8) is 0 Å². The van der Waals surface area contributed by atoms with Gasteiger partial charge in [0.1, 0.15) is 5.82 Å². The number of halogens is 1. The van der Waals surface area contributed by atoms with Crippen molar-refractivity contribution in [2.24, 2.45) is 5.10 Å². The zero-order valence-corrected chi connectivity index (χ0v) is 16.6. The molecule has 0 bridgehead atoms. The van der Waals surface area contributed by atoms with Gasteiger partial charge < -0.3 is 11.2 Å². The summed E-state index contributed by atoms with van der Waals surface area (Å²) in [6.45, 7) is 2.19. The average molecular weight is 420 g/mol. The van der Waals surface area contributed by atoms with Gasteiger partial charge in [0.05, 0.1) is 11.5 Å². The summed E-state index contributed by atoms with van der Waals surface area (Å²) in [5.41, 5.74) is 4.39. The molecule has 0 saturated carbocycles. The molecule has 0 saturated heterocycles. The number of carbonyl (C=O) groups is 1. The highest BCUT2D eigenvalue weighted by molar-refractivity contribution is 7.99. The molecule has 0 radical (unpaired) electrons. The molecule has 146 valence electrons. The Kier molecular flexibility index (Phi) is 6.61. The number of thioether (sulfide) groups is 1. The summed E-state index contributed by atoms with van der Waals surface area (Å²) in [6.07, 6.45) is 0. The number of carbonyl (C=O) groups excluding carboxylic acids is 1. The highest BCUT2D eigenvalue weighted by atomic mass is 32.2. The van der Waals surface area contributed by atoms with Gasteiger partial charge >= 0.3 is 0 Å². The van der Waals surface area contributed by atoms with Crippen LogP contribution in [0.15, 0.2) is 52.0 Å². The van der Waals surface area contributed by atoms with Crippen LogP contribution in [0.4, 0.5) is 10.3 Å². The molecule has 8 nitrogen and oxygen atoms in total. The first-order valence-electron chi connectivity index (χ1n) is 8.21. The third kappa shape index (κ3) is 5.30. The van der Waals surface area contributed by atoms with Crippen LogP contribution in [-0.2, 0) is 11.3 Å². The number of anilines is 1. The van der Waals surface area contributed by atoms with Gasteiger partial charge in [0.2, 0.25) is 11.1 Å². The SMILES string of the molecule is C/C(=N\Nc1nnc(SCC(=O)NCc2ccc(F)cc2)n1N)c1cccs1. The number of benzene rings is 1. The van der Waals surface area contributed by atoms with Gasteiger partial charge in [-0.3, -0.25) is 4.79 Å². The Hall–Kier alpha value is -2.92. The van der Waals surface area contributed by atoms with Gasteiger partial charge in [-0.25, -0.2) is 14.5 Å². The smallest absolute Gasteiger partial charge is 0.264 e. The number of nitrogens with zero attached hydrogens (tertiary/aromatic N) is 4. The van der Waals surface area contributed by atoms with E-state index in [9.17, 15) is 9.18 Å². The van der Waals surface area contributed by atoms with Crippen molar-refractivity contribution in [3.8, 4) is 0 Å². The summed E-state index contributed by atoms with van der Waals surface area (Å²) in [4.78, 5) is 13.0. The molecule has 0 aliphatic rings. The van der Waals surface area contributed by atoms with E-state index in [0.717, 1.165) is 27.9 Å². The molecule has 0 aliphatic carbocycles. The Balaban J connectivity index is 1.49. The van der Waals surface area contributed by atoms with Crippen LogP contribution in [0.3, 0.4) is 0 Å². The predicted molar refractivity (Wildman–Crippen MR) is 109 cm³/mol. The van der Waals surface area contributed by atoms with E-state index in [4.69, 9.17) is 5.84 Å². The second-order valence-electron chi connectivity index (χ2n) is 5.65. The first-order chi connectivity index (χ1) is 13.5. The summed E-state index contributed by atoms with van der Waals surface area (Å²) < 4.78 is 14.1. The topological polar surface area (TPSA) is 110 Å². The molecule has 2 aromatic heterocycles. The molecule has 2 heterocycles. The monoisotopic (exact) mass is 419 g/mol. The minimum atomic E-state index is -0.313. The number of thiophene rings is 1. The minimum absolute atomic E-state index is 0.119. The molecule has 0 fully saturated rings. The largest absolute Gasteiger partial charge is 0.351 e. The van der Waals surface area contributed by atoms with Crippen LogP contribution < -0.4 is 16.6 Å². The number of rotatable bonds is 8. The van der Waals surface area contributed by atoms with Crippen LogP contribution >= 0.6 is 23.1 Å². The molecular weight excluding hydrogens is 401 g/mol. The second-order valence-corrected chi connectivity index (χ2v) is 7.54. The second kappa shape index (κ2) is 9.33. The summed E-state index contributed by atoms with van der Waals surface area (Å²) in [7, 11) is 0. The lowest BCUT2D eigenvalue weighted by Gasteiger charge is -2.06. The van der Waals surface area contributed by atoms with Crippen molar-refractivity contribution in [2.45, 2.75) is 18.6 Å². The summed E-state index contributed by atoms with van der Waals surface area (Å²) in [5.74, 6) is 5.83. The maximum atomic E-state index is 12.9. The lowest BCUT2D eigenvalue weighted by molar-refractivity contribution is -0.118. The van der Waals surface area contributed by atoms with Gasteiger partial charge in [0.15, 0.2) is 0 Å². The quantitative estimate of drug-likeness (QED) is 0.224. The zero-order valence-electron chi connectivity index (χ0n) is 14.9. The number of hydrogen-bond donors (Lipinski definition) is 3. The van der Waals surface area contributed by atoms with Crippen LogP contribution in [0.2, 0.25) is 0 Å². The molecule has 3 aromatic rings. The normalized spacial score (nSPS) is 11.4. The third-order valence-electron chi connectivity index (χ3n) is 3.60. The highest BCUT2D eigenvalue weighted by Gasteiger charge is 2.12. The Morgan fingerprint density at radius 1 is 1.32 bits per heavy atom. The van der Waals surface area contributed by atoms with Crippen molar-refractivity contribution in [1.29, 1.82) is 0 Å². The summed E-state index contributed by atoms with van der Waals surface area (Å²) >= 11 is 2.73. The molecule has 28 heavy (non-hydrogen) atoms. The molecule has 1 amide bonds. The maximum absolute atomic E-state index is 12.9. The predicted octanol–water partition coefficient (Wildman–Crippen LogP) is 2.44. The molecule has 1 aromatic carbocycles. The van der Waals surface area contributed by atoms with Crippen molar-refractivity contribution in [2.75, 3.05) is 17.0 Å². The number of nitrogen functional groups attached to an aromatic ring is 1. The fourth-order valence-electron chi connectivity index (χ4n) is 2.11. The highest BCUT2D eigenvalue weighted by Crippen LogP contribution is 2.17. The van der Waals surface area contributed by atoms with E-state index in [2.05, 4.69) is 26.0 Å². The van der Waals surface area contributed by atoms with E-state index in [1.165, 1.54) is 16.8 Å². The Bertz CT molecular complexity index is 955. The van der Waals surface area contributed by atoms with Gasteiger partial charge in [-0.1, -0.05) is 30.0 Å². The number of hydrogen-bond acceptors (Lipinski definition) is 8. The Morgan fingerprint density at radius 3 is 2.82 bits per heavy atom. The van der Waals surface area contributed by atoms with Crippen molar-refractivity contribution in [3.05, 3.63) is 58.0 Å². The first kappa shape index (κ1) is 19.8. The summed E-state index contributed by atoms with van der Waals surface area (Å²) in [5, 5.41) is 17.2. The standard InChI is InChI=1S/C17H18FN7OS2/c1-11(14-3-2-8-27-14)21-22-16-23-24-17(25(16)19)28-10-15(26)20-9-12-4-6-13(18)7-5-12/h2-8H,9-10,19H2,1H3,(H,20,26)(H,22,23)/b21-11+. The van der Waals surface area contributed by atoms with E-state index in [1.807, 2.05) is 24.4 Å². The van der Waals surface area contributed by atoms with Crippen LogP contribution in [0, 0.1) is 5.82 Å². The van der Waals surface area contributed by atoms with Crippen molar-refractivity contribution >= 4 is 40.7 Å². The number of aromatic nitrogens is 3. The molecular formula is C17H18FN7OS2. The van der Waals surface area contributed by atoms with Gasteiger partial charge in [-0.15, -0.1) is 21.5 Å². The third-order valence-corrected chi connectivity index (χ3v) is 5.52. The number of nitrogens with two attached hydrogens (primary N) is 1. The first-order valence-corrected chi connectivity index (χ1v) is 10.1. The minimum Gasteiger partial charge on any atom is -0.351 e. The lowest BCUT2D eigenvalue weighted by atomic mass is 10.2. The Morgan fingerprint density at radius 2 is 2.11 bits per heavy atom. The molecule has 0 unspecified atom stereocenters. The average Bonchev–Trinajstić information content (AvgIpc) is 3.34. The molecule has 3 rings (SSSR count). The van der Waals surface area contributed by atoms with Gasteiger partial charge in [0, 0.05) is 11.4 Å². The van der Waals surface area contributed by atoms with Crippen molar-refractivity contribution in [1.82, 2.24) is 20.2 Å². The number of nitrogens with one attached hydrogen (secondary N) is 2. The van der Waals surface area contributed by atoms with Gasteiger partial charge in [-0.05, 0) is 36.1 Å². The van der Waals surface area contributed by atoms with Crippen LogP contribution in [0.5, 0.6) is 0 Å². The Labute approximate surface area is 169 Å². The molecule has 0 aliphatic heterocycles. The fraction of sp³-hybridized carbons (Fsp3) is 0.176. The van der Waals surface area contributed by atoms with E-state index in [0.29, 0.717) is 11.7 Å². The van der Waals surface area contributed by atoms with Crippen LogP contribution in [0.1, 0.15) is 17.4 Å². The molecule has 4 N–H and O–H groups in total. The maximum Gasteiger partial charge on any atom is 0.264 e. The zero-order chi connectivity index (χ0) is 19.9. The lowest BCUT2D eigenvalue weighted by Crippen LogP contribution is -2.25. The van der Waals surface area contributed by atoms with E-state index in [-0.39, 0.29) is 23.4 Å². The number of hydrazone groups is 1. The number of amides is 1. The van der Waals surface area contributed by atoms with Gasteiger partial charge in [0.25, 0.3) is 5.95 Å². The summed E-state index contributed by atoms with van der Waals surface area (Å²) in [6, 6.07) is 9.85. The fourth-order valence-corrected chi connectivity index (χ4v) is 3.47. The van der Waals surface area contributed by atoms with Crippen LogP contribution in [0.25, 0.3) is 0 Å². The molecule has 0 atom stereocenters. The van der Waals surface area contributed by atoms with E-state index in [1.54, 1.807) is 23.5 Å². The molecule has 11 heteroatoms. The van der Waals surface area contributed by atoms with Gasteiger partial charge in [-0.2, -0.15) is 5.10 Å². The van der Waals surface area contributed by atoms with E-state index >= 15 is 0 Å². The van der Waals surface area contributed by atoms with Crippen molar-refractivity contribution < 1.29 is 9.18 Å². The van der Waals surface area contributed by atoms with E-state index < -0.39 is 0 Å². The van der Waals surface area contributed by atoms with Crippen LogP contribution in [-0.4, -0.2) is 32.2 Å².